The highest BCUT2D eigenvalue weighted by Gasteiger charge is 2.42. The van der Waals surface area contributed by atoms with Crippen molar-refractivity contribution in [2.75, 3.05) is 11.5 Å². The number of nitrogens with two attached hydrogens (primary N) is 1. The summed E-state index contributed by atoms with van der Waals surface area (Å²) in [6.45, 7) is 2.00. The number of hydrogen-bond donors (Lipinski definition) is 1. The molecule has 148 valence electrons. The van der Waals surface area contributed by atoms with Crippen LogP contribution in [-0.4, -0.2) is 18.4 Å². The van der Waals surface area contributed by atoms with Crippen LogP contribution in [0.1, 0.15) is 37.7 Å². The molecule has 1 unspecified atom stereocenters. The van der Waals surface area contributed by atoms with Gasteiger partial charge >= 0.3 is 5.97 Å². The van der Waals surface area contributed by atoms with Crippen LogP contribution in [0.2, 0.25) is 0 Å². The smallest absolute Gasteiger partial charge is 0.338 e. The second-order valence-corrected chi connectivity index (χ2v) is 7.17. The predicted octanol–water partition coefficient (Wildman–Crippen LogP) is 4.03. The van der Waals surface area contributed by atoms with E-state index < -0.39 is 11.9 Å². The summed E-state index contributed by atoms with van der Waals surface area (Å²) in [6, 6.07) is 19.2. The van der Waals surface area contributed by atoms with Gasteiger partial charge in [-0.3, -0.25) is 9.69 Å². The molecule has 1 atom stereocenters. The zero-order valence-electron chi connectivity index (χ0n) is 16.4. The van der Waals surface area contributed by atoms with Crippen molar-refractivity contribution in [3.05, 3.63) is 88.9 Å². The van der Waals surface area contributed by atoms with E-state index in [1.165, 1.54) is 0 Å². The van der Waals surface area contributed by atoms with Crippen molar-refractivity contribution in [1.82, 2.24) is 0 Å². The van der Waals surface area contributed by atoms with E-state index in [9.17, 15) is 9.59 Å². The summed E-state index contributed by atoms with van der Waals surface area (Å²) >= 11 is 0. The minimum Gasteiger partial charge on any atom is -0.463 e. The maximum Gasteiger partial charge on any atom is 0.338 e. The summed E-state index contributed by atoms with van der Waals surface area (Å²) in [5.74, 6) is -0.602. The number of esters is 1. The van der Waals surface area contributed by atoms with Gasteiger partial charge in [-0.15, -0.1) is 0 Å². The molecule has 1 heterocycles. The fourth-order valence-electron chi connectivity index (χ4n) is 4.25. The lowest BCUT2D eigenvalue weighted by molar-refractivity contribution is -0.138. The molecule has 0 saturated heterocycles. The Morgan fingerprint density at radius 1 is 1.07 bits per heavy atom. The zero-order valence-corrected chi connectivity index (χ0v) is 16.4. The number of benzene rings is 2. The number of hydrogen-bond acceptors (Lipinski definition) is 5. The molecule has 1 aliphatic heterocycles. The average Bonchev–Trinajstić information content (AvgIpc) is 2.74. The number of anilines is 1. The van der Waals surface area contributed by atoms with Crippen molar-refractivity contribution < 1.29 is 14.3 Å². The molecular formula is C24H24N2O3. The molecule has 0 bridgehead atoms. The number of carbonyl (C=O) groups is 2. The summed E-state index contributed by atoms with van der Waals surface area (Å²) in [6.07, 6.45) is 1.97. The molecule has 0 spiro atoms. The topological polar surface area (TPSA) is 72.6 Å². The number of Topliss-reactive ketones (excluding diaryl/α,β-unsaturated/α-hetero) is 1. The Kier molecular flexibility index (Phi) is 5.21. The van der Waals surface area contributed by atoms with Crippen molar-refractivity contribution >= 4 is 17.4 Å². The van der Waals surface area contributed by atoms with E-state index in [0.29, 0.717) is 23.4 Å². The Hall–Kier alpha value is -3.34. The van der Waals surface area contributed by atoms with Gasteiger partial charge in [-0.05, 0) is 37.5 Å². The average molecular weight is 388 g/mol. The van der Waals surface area contributed by atoms with Crippen molar-refractivity contribution in [1.29, 1.82) is 0 Å². The lowest BCUT2D eigenvalue weighted by Crippen LogP contribution is -2.41. The molecule has 4 rings (SSSR count). The van der Waals surface area contributed by atoms with Crippen LogP contribution in [-0.2, 0) is 14.3 Å². The quantitative estimate of drug-likeness (QED) is 0.801. The number of carbonyl (C=O) groups excluding carboxylic acids is 2. The highest BCUT2D eigenvalue weighted by molar-refractivity contribution is 6.05. The van der Waals surface area contributed by atoms with Gasteiger partial charge in [-0.2, -0.15) is 0 Å². The molecule has 0 radical (unpaired) electrons. The van der Waals surface area contributed by atoms with Crippen molar-refractivity contribution in [3.8, 4) is 0 Å². The molecule has 5 nitrogen and oxygen atoms in total. The van der Waals surface area contributed by atoms with Gasteiger partial charge in [0.25, 0.3) is 0 Å². The van der Waals surface area contributed by atoms with Gasteiger partial charge in [0.15, 0.2) is 5.78 Å². The molecule has 0 saturated carbocycles. The van der Waals surface area contributed by atoms with Gasteiger partial charge in [-0.1, -0.05) is 48.5 Å². The highest BCUT2D eigenvalue weighted by Crippen LogP contribution is 2.46. The minimum absolute atomic E-state index is 0.0651. The third kappa shape index (κ3) is 3.33. The first-order valence-corrected chi connectivity index (χ1v) is 9.96. The summed E-state index contributed by atoms with van der Waals surface area (Å²) in [7, 11) is 0. The number of ketones is 1. The fraction of sp³-hybridized carbons (Fsp3) is 0.250. The Labute approximate surface area is 170 Å². The molecule has 0 aromatic heterocycles. The molecule has 1 aliphatic carbocycles. The largest absolute Gasteiger partial charge is 0.463 e. The number of allylic oxidation sites excluding steroid dienone is 2. The standard InChI is InChI=1S/C24H24N2O3/c1-2-29-24(28)22-20(16-10-5-3-6-11-16)21-18(14-9-15-19(21)27)26(23(22)25)17-12-7-4-8-13-17/h3-8,10-13,20H,2,9,14-15,25H2,1H3. The first kappa shape index (κ1) is 19.0. The van der Waals surface area contributed by atoms with Crippen molar-refractivity contribution in [3.63, 3.8) is 0 Å². The summed E-state index contributed by atoms with van der Waals surface area (Å²) < 4.78 is 5.37. The van der Waals surface area contributed by atoms with Gasteiger partial charge in [0.1, 0.15) is 5.82 Å². The second-order valence-electron chi connectivity index (χ2n) is 7.17. The Morgan fingerprint density at radius 3 is 2.38 bits per heavy atom. The highest BCUT2D eigenvalue weighted by atomic mass is 16.5. The number of rotatable bonds is 4. The predicted molar refractivity (Wildman–Crippen MR) is 112 cm³/mol. The van der Waals surface area contributed by atoms with Gasteiger partial charge in [-0.25, -0.2) is 4.79 Å². The maximum absolute atomic E-state index is 13.1. The van der Waals surface area contributed by atoms with Crippen LogP contribution in [0.5, 0.6) is 0 Å². The number of ether oxygens (including phenoxy) is 1. The van der Waals surface area contributed by atoms with Crippen molar-refractivity contribution in [2.45, 2.75) is 32.1 Å². The Bertz CT molecular complexity index is 993. The molecule has 2 aromatic rings. The van der Waals surface area contributed by atoms with Gasteiger partial charge in [0, 0.05) is 23.4 Å². The van der Waals surface area contributed by atoms with Crippen LogP contribution in [0.3, 0.4) is 0 Å². The van der Waals surface area contributed by atoms with Crippen molar-refractivity contribution in [2.24, 2.45) is 5.73 Å². The molecule has 0 fully saturated rings. The summed E-state index contributed by atoms with van der Waals surface area (Å²) in [4.78, 5) is 28.0. The van der Waals surface area contributed by atoms with E-state index in [4.69, 9.17) is 10.5 Å². The summed E-state index contributed by atoms with van der Waals surface area (Å²) in [5.41, 5.74) is 10.2. The maximum atomic E-state index is 13.1. The van der Waals surface area contributed by atoms with E-state index in [2.05, 4.69) is 0 Å². The van der Waals surface area contributed by atoms with Crippen LogP contribution < -0.4 is 10.6 Å². The monoisotopic (exact) mass is 388 g/mol. The van der Waals surface area contributed by atoms with Crippen LogP contribution in [0.15, 0.2) is 83.3 Å². The molecule has 5 heteroatoms. The number of para-hydroxylation sites is 1. The second kappa shape index (κ2) is 7.95. The van der Waals surface area contributed by atoms with E-state index >= 15 is 0 Å². The van der Waals surface area contributed by atoms with Crippen LogP contribution in [0.4, 0.5) is 5.69 Å². The normalized spacial score (nSPS) is 19.3. The fourth-order valence-corrected chi connectivity index (χ4v) is 4.25. The van der Waals surface area contributed by atoms with Crippen LogP contribution in [0.25, 0.3) is 0 Å². The van der Waals surface area contributed by atoms with Crippen LogP contribution in [0, 0.1) is 0 Å². The van der Waals surface area contributed by atoms with Gasteiger partial charge < -0.3 is 10.5 Å². The van der Waals surface area contributed by atoms with Gasteiger partial charge in [0.2, 0.25) is 0 Å². The summed E-state index contributed by atoms with van der Waals surface area (Å²) in [5, 5.41) is 0. The lowest BCUT2D eigenvalue weighted by Gasteiger charge is -2.40. The first-order chi connectivity index (χ1) is 14.1. The molecule has 2 aromatic carbocycles. The van der Waals surface area contributed by atoms with E-state index in [-0.39, 0.29) is 12.4 Å². The third-order valence-corrected chi connectivity index (χ3v) is 5.44. The van der Waals surface area contributed by atoms with E-state index in [0.717, 1.165) is 29.8 Å². The molecule has 0 amide bonds. The first-order valence-electron chi connectivity index (χ1n) is 9.96. The zero-order chi connectivity index (χ0) is 20.4. The third-order valence-electron chi connectivity index (χ3n) is 5.44. The molecule has 2 aliphatic rings. The van der Waals surface area contributed by atoms with Crippen LogP contribution >= 0.6 is 0 Å². The van der Waals surface area contributed by atoms with Gasteiger partial charge in [0.05, 0.1) is 18.1 Å². The Balaban J connectivity index is 1.98. The molecular weight excluding hydrogens is 364 g/mol. The minimum atomic E-state index is -0.516. The number of nitrogens with zero attached hydrogens (tertiary/aromatic N) is 1. The van der Waals surface area contributed by atoms with E-state index in [1.54, 1.807) is 6.92 Å². The lowest BCUT2D eigenvalue weighted by atomic mass is 9.75. The molecule has 2 N–H and O–H groups in total. The Morgan fingerprint density at radius 2 is 1.72 bits per heavy atom. The molecule has 29 heavy (non-hydrogen) atoms. The van der Waals surface area contributed by atoms with E-state index in [1.807, 2.05) is 65.6 Å². The SMILES string of the molecule is CCOC(=O)C1=C(N)N(c2ccccc2)C2=C(C(=O)CCC2)C1c1ccccc1.